The topological polar surface area (TPSA) is 87.3 Å². The van der Waals surface area contributed by atoms with E-state index in [0.717, 1.165) is 12.8 Å². The molecule has 0 bridgehead atoms. The van der Waals surface area contributed by atoms with Crippen LogP contribution in [0.3, 0.4) is 0 Å². The largest absolute Gasteiger partial charge is 0.444 e. The van der Waals surface area contributed by atoms with Crippen molar-refractivity contribution >= 4 is 23.4 Å². The molecular formula is C14H21ClN4O3. The zero-order valence-corrected chi connectivity index (χ0v) is 13.5. The van der Waals surface area contributed by atoms with Crippen molar-refractivity contribution in [2.75, 3.05) is 18.0 Å². The second kappa shape index (κ2) is 7.49. The summed E-state index contributed by atoms with van der Waals surface area (Å²) in [5, 5.41) is 8.99. The zero-order chi connectivity index (χ0) is 16.1. The SMILES string of the molecule is CCC(CC)NC(=O)O[C@@H]1CCN(c2cn[nH]c(=O)c2Cl)C1. The number of hydrogen-bond donors (Lipinski definition) is 2. The molecule has 7 nitrogen and oxygen atoms in total. The summed E-state index contributed by atoms with van der Waals surface area (Å²) in [6.45, 7) is 5.20. The third-order valence-corrected chi connectivity index (χ3v) is 4.21. The second-order valence-corrected chi connectivity index (χ2v) is 5.70. The second-order valence-electron chi connectivity index (χ2n) is 5.32. The maximum absolute atomic E-state index is 11.8. The number of nitrogens with one attached hydrogen (secondary N) is 2. The van der Waals surface area contributed by atoms with Gasteiger partial charge < -0.3 is 15.0 Å². The van der Waals surface area contributed by atoms with E-state index < -0.39 is 11.7 Å². The third kappa shape index (κ3) is 3.91. The average Bonchev–Trinajstić information content (AvgIpc) is 2.95. The fourth-order valence-corrected chi connectivity index (χ4v) is 2.69. The summed E-state index contributed by atoms with van der Waals surface area (Å²) in [6, 6.07) is 0.135. The van der Waals surface area contributed by atoms with Crippen molar-refractivity contribution in [1.29, 1.82) is 0 Å². The van der Waals surface area contributed by atoms with Crippen molar-refractivity contribution in [3.05, 3.63) is 21.6 Å². The Morgan fingerprint density at radius 2 is 2.32 bits per heavy atom. The Kier molecular flexibility index (Phi) is 5.65. The molecule has 1 saturated heterocycles. The van der Waals surface area contributed by atoms with Crippen molar-refractivity contribution in [1.82, 2.24) is 15.5 Å². The molecule has 1 fully saturated rings. The van der Waals surface area contributed by atoms with E-state index in [0.29, 0.717) is 25.2 Å². The number of halogens is 1. The quantitative estimate of drug-likeness (QED) is 0.862. The van der Waals surface area contributed by atoms with Crippen LogP contribution in [-0.4, -0.2) is 41.5 Å². The van der Waals surface area contributed by atoms with Crippen LogP contribution in [0, 0.1) is 0 Å². The van der Waals surface area contributed by atoms with Gasteiger partial charge in [-0.2, -0.15) is 5.10 Å². The standard InChI is InChI=1S/C14H21ClN4O3/c1-3-9(4-2)17-14(21)22-10-5-6-19(8-10)11-7-16-18-13(20)12(11)15/h7,9-10H,3-6,8H2,1-2H3,(H,17,21)(H,18,20)/t10-/m1/s1. The van der Waals surface area contributed by atoms with E-state index in [1.54, 1.807) is 0 Å². The molecule has 1 amide bonds. The number of aromatic nitrogens is 2. The highest BCUT2D eigenvalue weighted by atomic mass is 35.5. The van der Waals surface area contributed by atoms with Crippen LogP contribution in [0.25, 0.3) is 0 Å². The number of alkyl carbamates (subject to hydrolysis) is 1. The minimum Gasteiger partial charge on any atom is -0.444 e. The van der Waals surface area contributed by atoms with Crippen molar-refractivity contribution in [3.8, 4) is 0 Å². The van der Waals surface area contributed by atoms with Crippen molar-refractivity contribution < 1.29 is 9.53 Å². The molecule has 1 atom stereocenters. The molecule has 2 rings (SSSR count). The van der Waals surface area contributed by atoms with E-state index >= 15 is 0 Å². The predicted molar refractivity (Wildman–Crippen MR) is 84.5 cm³/mol. The Bertz CT molecular complexity index is 573. The van der Waals surface area contributed by atoms with Crippen molar-refractivity contribution in [2.24, 2.45) is 0 Å². The number of nitrogens with zero attached hydrogens (tertiary/aromatic N) is 2. The van der Waals surface area contributed by atoms with Crippen LogP contribution in [0.1, 0.15) is 33.1 Å². The number of amides is 1. The van der Waals surface area contributed by atoms with E-state index in [1.807, 2.05) is 18.7 Å². The first-order chi connectivity index (χ1) is 10.5. The van der Waals surface area contributed by atoms with E-state index in [9.17, 15) is 9.59 Å². The summed E-state index contributed by atoms with van der Waals surface area (Å²) < 4.78 is 5.43. The number of H-pyrrole nitrogens is 1. The fourth-order valence-electron chi connectivity index (χ4n) is 2.48. The predicted octanol–water partition coefficient (Wildman–Crippen LogP) is 1.92. The van der Waals surface area contributed by atoms with Gasteiger partial charge in [-0.05, 0) is 12.8 Å². The van der Waals surface area contributed by atoms with E-state index in [1.165, 1.54) is 6.20 Å². The first-order valence-corrected chi connectivity index (χ1v) is 7.88. The van der Waals surface area contributed by atoms with Crippen LogP contribution >= 0.6 is 11.6 Å². The number of anilines is 1. The number of carbonyl (C=O) groups is 1. The number of carbonyl (C=O) groups excluding carboxylic acids is 1. The Labute approximate surface area is 134 Å². The maximum Gasteiger partial charge on any atom is 0.407 e. The Morgan fingerprint density at radius 3 is 3.00 bits per heavy atom. The van der Waals surface area contributed by atoms with Gasteiger partial charge in [-0.25, -0.2) is 9.89 Å². The van der Waals surface area contributed by atoms with Gasteiger partial charge >= 0.3 is 6.09 Å². The molecule has 2 N–H and O–H groups in total. The van der Waals surface area contributed by atoms with Gasteiger partial charge in [-0.1, -0.05) is 25.4 Å². The summed E-state index contributed by atoms with van der Waals surface area (Å²) in [7, 11) is 0. The molecule has 0 aromatic carbocycles. The van der Waals surface area contributed by atoms with Crippen molar-refractivity contribution in [3.63, 3.8) is 0 Å². The average molecular weight is 329 g/mol. The Hall–Kier alpha value is -1.76. The molecule has 1 aromatic heterocycles. The number of rotatable bonds is 5. The minimum absolute atomic E-state index is 0.108. The number of aromatic amines is 1. The lowest BCUT2D eigenvalue weighted by Crippen LogP contribution is -2.37. The Morgan fingerprint density at radius 1 is 1.59 bits per heavy atom. The maximum atomic E-state index is 11.8. The molecular weight excluding hydrogens is 308 g/mol. The molecule has 122 valence electrons. The van der Waals surface area contributed by atoms with E-state index in [-0.39, 0.29) is 17.2 Å². The molecule has 22 heavy (non-hydrogen) atoms. The van der Waals surface area contributed by atoms with Gasteiger partial charge in [-0.15, -0.1) is 0 Å². The van der Waals surface area contributed by atoms with Gasteiger partial charge in [0.05, 0.1) is 18.4 Å². The molecule has 1 aliphatic rings. The van der Waals surface area contributed by atoms with Gasteiger partial charge in [-0.3, -0.25) is 4.79 Å². The van der Waals surface area contributed by atoms with Gasteiger partial charge in [0.2, 0.25) is 0 Å². The van der Waals surface area contributed by atoms with Gasteiger partial charge in [0.25, 0.3) is 5.56 Å². The highest BCUT2D eigenvalue weighted by Crippen LogP contribution is 2.25. The minimum atomic E-state index is -0.421. The molecule has 0 aliphatic carbocycles. The Balaban J connectivity index is 1.91. The molecule has 0 radical (unpaired) electrons. The summed E-state index contributed by atoms with van der Waals surface area (Å²) in [5.74, 6) is 0. The van der Waals surface area contributed by atoms with Crippen LogP contribution in [0.5, 0.6) is 0 Å². The monoisotopic (exact) mass is 328 g/mol. The van der Waals surface area contributed by atoms with Crippen LogP contribution in [0.2, 0.25) is 5.02 Å². The lowest BCUT2D eigenvalue weighted by Gasteiger charge is -2.20. The number of ether oxygens (including phenoxy) is 1. The van der Waals surface area contributed by atoms with Crippen LogP contribution in [0.15, 0.2) is 11.0 Å². The lowest BCUT2D eigenvalue weighted by atomic mass is 10.2. The molecule has 1 aromatic rings. The molecule has 0 saturated carbocycles. The molecule has 2 heterocycles. The molecule has 8 heteroatoms. The normalized spacial score (nSPS) is 17.8. The van der Waals surface area contributed by atoms with Gasteiger partial charge in [0.15, 0.2) is 0 Å². The zero-order valence-electron chi connectivity index (χ0n) is 12.8. The van der Waals surface area contributed by atoms with E-state index in [2.05, 4.69) is 15.5 Å². The highest BCUT2D eigenvalue weighted by molar-refractivity contribution is 6.33. The smallest absolute Gasteiger partial charge is 0.407 e. The van der Waals surface area contributed by atoms with Crippen LogP contribution < -0.4 is 15.8 Å². The summed E-state index contributed by atoms with van der Waals surface area (Å²) in [4.78, 5) is 25.2. The molecule has 0 unspecified atom stereocenters. The third-order valence-electron chi connectivity index (χ3n) is 3.84. The fraction of sp³-hybridized carbons (Fsp3) is 0.643. The molecule has 0 spiro atoms. The molecule has 1 aliphatic heterocycles. The van der Waals surface area contributed by atoms with Crippen molar-refractivity contribution in [2.45, 2.75) is 45.3 Å². The number of hydrogen-bond acceptors (Lipinski definition) is 5. The van der Waals surface area contributed by atoms with E-state index in [4.69, 9.17) is 16.3 Å². The lowest BCUT2D eigenvalue weighted by molar-refractivity contribution is 0.104. The van der Waals surface area contributed by atoms with Crippen LogP contribution in [0.4, 0.5) is 10.5 Å². The highest BCUT2D eigenvalue weighted by Gasteiger charge is 2.28. The van der Waals surface area contributed by atoms with Gasteiger partial charge in [0.1, 0.15) is 11.1 Å². The first-order valence-electron chi connectivity index (χ1n) is 7.50. The summed E-state index contributed by atoms with van der Waals surface area (Å²) in [5.41, 5.74) is 0.145. The first kappa shape index (κ1) is 16.6. The summed E-state index contributed by atoms with van der Waals surface area (Å²) in [6.07, 6.45) is 3.34. The van der Waals surface area contributed by atoms with Crippen LogP contribution in [-0.2, 0) is 4.74 Å². The summed E-state index contributed by atoms with van der Waals surface area (Å²) >= 11 is 5.99. The van der Waals surface area contributed by atoms with Gasteiger partial charge in [0, 0.05) is 19.0 Å².